The van der Waals surface area contributed by atoms with Crippen molar-refractivity contribution in [1.82, 2.24) is 37.2 Å². The molecule has 0 heterocycles. The van der Waals surface area contributed by atoms with Crippen LogP contribution in [0.15, 0.2) is 91.0 Å². The van der Waals surface area contributed by atoms with Crippen molar-refractivity contribution in [2.75, 3.05) is 0 Å². The molecule has 0 radical (unpaired) electrons. The lowest BCUT2D eigenvalue weighted by Crippen LogP contribution is -2.61. The van der Waals surface area contributed by atoms with Gasteiger partial charge >= 0.3 is 17.9 Å². The van der Waals surface area contributed by atoms with Gasteiger partial charge in [-0.25, -0.2) is 4.79 Å². The summed E-state index contributed by atoms with van der Waals surface area (Å²) in [4.78, 5) is 130. The molecule has 11 N–H and O–H groups in total. The minimum atomic E-state index is -1.88. The molecule has 21 nitrogen and oxygen atoms in total. The molecule has 0 bridgehead atoms. The lowest BCUT2D eigenvalue weighted by atomic mass is 10.0. The van der Waals surface area contributed by atoms with Gasteiger partial charge in [-0.15, -0.1) is 0 Å². The molecule has 3 aromatic rings. The zero-order valence-corrected chi connectivity index (χ0v) is 38.0. The lowest BCUT2D eigenvalue weighted by Gasteiger charge is -2.28. The number of hydrogen-bond acceptors (Lipinski definition) is 11. The van der Waals surface area contributed by atoms with E-state index in [2.05, 4.69) is 37.2 Å². The van der Waals surface area contributed by atoms with Crippen LogP contribution >= 0.6 is 0 Å². The van der Waals surface area contributed by atoms with Crippen LogP contribution in [0.3, 0.4) is 0 Å². The van der Waals surface area contributed by atoms with E-state index in [9.17, 15) is 68.4 Å². The maximum absolute atomic E-state index is 13.8. The van der Waals surface area contributed by atoms with E-state index in [0.717, 1.165) is 6.92 Å². The van der Waals surface area contributed by atoms with Crippen LogP contribution in [0.4, 0.5) is 0 Å². The summed E-state index contributed by atoms with van der Waals surface area (Å²) in [5.41, 5.74) is 1.89. The average molecular weight is 946 g/mol. The fourth-order valence-corrected chi connectivity index (χ4v) is 6.75. The summed E-state index contributed by atoms with van der Waals surface area (Å²) in [6.45, 7) is 5.71. The summed E-state index contributed by atoms with van der Waals surface area (Å²) in [6.07, 6.45) is -3.88. The number of hydrogen-bond donors (Lipinski definition) is 11. The Kier molecular flexibility index (Phi) is 21.8. The molecule has 7 amide bonds. The van der Waals surface area contributed by atoms with Crippen molar-refractivity contribution in [3.63, 3.8) is 0 Å². The minimum absolute atomic E-state index is 0.00763. The third-order valence-electron chi connectivity index (χ3n) is 10.2. The average Bonchev–Trinajstić information content (AvgIpc) is 3.27. The molecular weight excluding hydrogens is 887 g/mol. The Morgan fingerprint density at radius 2 is 0.838 bits per heavy atom. The third kappa shape index (κ3) is 19.0. The molecule has 0 aliphatic rings. The zero-order chi connectivity index (χ0) is 50.5. The summed E-state index contributed by atoms with van der Waals surface area (Å²) in [6, 6.07) is 14.5. The first kappa shape index (κ1) is 54.7. The van der Waals surface area contributed by atoms with Crippen LogP contribution in [0.5, 0.6) is 0 Å². The van der Waals surface area contributed by atoms with Crippen LogP contribution in [0.2, 0.25) is 0 Å². The number of carbonyl (C=O) groups excluding carboxylic acids is 7. The molecule has 0 aliphatic heterocycles. The predicted molar refractivity (Wildman–Crippen MR) is 243 cm³/mol. The number of benzene rings is 3. The van der Waals surface area contributed by atoms with Crippen LogP contribution in [0.25, 0.3) is 0 Å². The molecule has 68 heavy (non-hydrogen) atoms. The van der Waals surface area contributed by atoms with Gasteiger partial charge < -0.3 is 57.6 Å². The number of carboxylic acids is 3. The second kappa shape index (κ2) is 27.1. The highest BCUT2D eigenvalue weighted by atomic mass is 16.4. The van der Waals surface area contributed by atoms with Crippen LogP contribution in [0.1, 0.15) is 63.6 Å². The van der Waals surface area contributed by atoms with Gasteiger partial charge in [0.15, 0.2) is 0 Å². The van der Waals surface area contributed by atoms with Gasteiger partial charge in [0.1, 0.15) is 42.3 Å². The van der Waals surface area contributed by atoms with Crippen LogP contribution in [-0.4, -0.2) is 128 Å². The van der Waals surface area contributed by atoms with Crippen molar-refractivity contribution in [3.8, 4) is 0 Å². The molecular formula is C47H59N7O14. The number of aliphatic hydroxyl groups excluding tert-OH is 1. The molecule has 21 heteroatoms. The smallest absolute Gasteiger partial charge is 0.326 e. The van der Waals surface area contributed by atoms with Crippen molar-refractivity contribution < 1.29 is 68.4 Å². The number of amides is 7. The Morgan fingerprint density at radius 1 is 0.441 bits per heavy atom. The third-order valence-corrected chi connectivity index (χ3v) is 10.2. The van der Waals surface area contributed by atoms with Crippen LogP contribution in [0, 0.1) is 5.92 Å². The fourth-order valence-electron chi connectivity index (χ4n) is 6.75. The fraction of sp³-hybridized carbons (Fsp3) is 0.404. The highest BCUT2D eigenvalue weighted by molar-refractivity contribution is 5.99. The number of aliphatic carboxylic acids is 3. The SMILES string of the molecule is CC(C)C[C@H](NC(=O)[C@@H](NC(=O)[C@H](Cc1ccccc1)NC(=O)Cc1ccccc1)[C@H](C)O)C(=O)N[C@@H](CC(=O)O)C(=O)N[C@@H](C)C(=O)N[C@@H](CC(=O)O)C(=O)N[C@@H](Cc1ccccc1)C(=O)O. The Hall–Kier alpha value is -7.68. The molecule has 0 fully saturated rings. The summed E-state index contributed by atoms with van der Waals surface area (Å²) in [5.74, 6) is -11.8. The van der Waals surface area contributed by atoms with E-state index in [-0.39, 0.29) is 31.6 Å². The normalized spacial score (nSPS) is 14.4. The first-order valence-corrected chi connectivity index (χ1v) is 21.7. The van der Waals surface area contributed by atoms with Gasteiger partial charge in [0.05, 0.1) is 25.4 Å². The summed E-state index contributed by atoms with van der Waals surface area (Å²) in [5, 5.41) is 56.0. The van der Waals surface area contributed by atoms with E-state index in [1.165, 1.54) is 6.92 Å². The van der Waals surface area contributed by atoms with Crippen LogP contribution in [-0.2, 0) is 67.2 Å². The summed E-state index contributed by atoms with van der Waals surface area (Å²) in [7, 11) is 0. The van der Waals surface area contributed by atoms with E-state index in [1.54, 1.807) is 105 Å². The van der Waals surface area contributed by atoms with Crippen molar-refractivity contribution in [2.45, 2.75) is 115 Å². The van der Waals surface area contributed by atoms with E-state index < -0.39 is 120 Å². The van der Waals surface area contributed by atoms with Crippen molar-refractivity contribution in [3.05, 3.63) is 108 Å². The van der Waals surface area contributed by atoms with E-state index in [0.29, 0.717) is 16.7 Å². The Balaban J connectivity index is 1.74. The van der Waals surface area contributed by atoms with Gasteiger partial charge in [-0.05, 0) is 42.9 Å². The maximum Gasteiger partial charge on any atom is 0.326 e. The minimum Gasteiger partial charge on any atom is -0.481 e. The maximum atomic E-state index is 13.8. The molecule has 0 saturated heterocycles. The number of carbonyl (C=O) groups is 10. The Bertz CT molecular complexity index is 2230. The second-order valence-corrected chi connectivity index (χ2v) is 16.5. The molecule has 0 aliphatic carbocycles. The first-order valence-electron chi connectivity index (χ1n) is 21.7. The molecule has 0 aromatic heterocycles. The zero-order valence-electron chi connectivity index (χ0n) is 38.0. The molecule has 0 saturated carbocycles. The van der Waals surface area contributed by atoms with Gasteiger partial charge in [0, 0.05) is 12.8 Å². The predicted octanol–water partition coefficient (Wildman–Crippen LogP) is -0.411. The monoisotopic (exact) mass is 945 g/mol. The molecule has 8 atom stereocenters. The van der Waals surface area contributed by atoms with Gasteiger partial charge in [0.25, 0.3) is 0 Å². The number of aliphatic hydroxyl groups is 1. The molecule has 3 rings (SSSR count). The van der Waals surface area contributed by atoms with Gasteiger partial charge in [-0.3, -0.25) is 43.2 Å². The largest absolute Gasteiger partial charge is 0.481 e. The Morgan fingerprint density at radius 3 is 1.29 bits per heavy atom. The molecule has 366 valence electrons. The number of carboxylic acid groups (broad SMARTS) is 3. The number of nitrogens with one attached hydrogen (secondary N) is 7. The highest BCUT2D eigenvalue weighted by Crippen LogP contribution is 2.11. The van der Waals surface area contributed by atoms with Gasteiger partial charge in [0.2, 0.25) is 41.4 Å². The standard InChI is InChI=1S/C47H59N7O14/c1-26(2)20-32(52-46(66)40(28(4)55)54-45(65)33(21-29-14-8-5-9-15-29)49-37(56)23-31-18-12-7-13-19-31)43(63)51-34(24-38(57)58)42(62)48-27(3)41(61)50-35(25-39(59)60)44(64)53-36(47(67)68)22-30-16-10-6-11-17-30/h5-19,26-28,32-36,40,55H,20-25H2,1-4H3,(H,48,62)(H,49,56)(H,50,61)(H,51,63)(H,52,66)(H,53,64)(H,54,65)(H,57,58)(H,59,60)(H,67,68)/t27-,28-,32-,33-,34-,35-,36-,40-/m0/s1. The molecule has 0 unspecified atom stereocenters. The van der Waals surface area contributed by atoms with E-state index >= 15 is 0 Å². The quantitative estimate of drug-likeness (QED) is 0.0463. The van der Waals surface area contributed by atoms with Gasteiger partial charge in [-0.1, -0.05) is 105 Å². The van der Waals surface area contributed by atoms with Crippen molar-refractivity contribution >= 4 is 59.3 Å². The van der Waals surface area contributed by atoms with Gasteiger partial charge in [-0.2, -0.15) is 0 Å². The Labute approximate surface area is 392 Å². The first-order chi connectivity index (χ1) is 32.1. The van der Waals surface area contributed by atoms with Crippen LogP contribution < -0.4 is 37.2 Å². The summed E-state index contributed by atoms with van der Waals surface area (Å²) < 4.78 is 0. The van der Waals surface area contributed by atoms with Crippen molar-refractivity contribution in [2.24, 2.45) is 5.92 Å². The summed E-state index contributed by atoms with van der Waals surface area (Å²) >= 11 is 0. The highest BCUT2D eigenvalue weighted by Gasteiger charge is 2.36. The molecule has 3 aromatic carbocycles. The number of rotatable bonds is 27. The van der Waals surface area contributed by atoms with E-state index in [1.807, 2.05) is 0 Å². The van der Waals surface area contributed by atoms with Crippen molar-refractivity contribution in [1.29, 1.82) is 0 Å². The lowest BCUT2D eigenvalue weighted by molar-refractivity contribution is -0.143. The van der Waals surface area contributed by atoms with E-state index in [4.69, 9.17) is 0 Å². The topological polar surface area (TPSA) is 336 Å². The second-order valence-electron chi connectivity index (χ2n) is 16.5. The molecule has 0 spiro atoms.